The van der Waals surface area contributed by atoms with Crippen LogP contribution in [0.3, 0.4) is 0 Å². The summed E-state index contributed by atoms with van der Waals surface area (Å²) >= 11 is 0. The molecule has 1 heterocycles. The van der Waals surface area contributed by atoms with E-state index >= 15 is 0 Å². The number of carbonyl (C=O) groups is 5. The molecule has 12 heteroatoms. The van der Waals surface area contributed by atoms with Crippen molar-refractivity contribution < 1.29 is 28.7 Å². The molecule has 2 aromatic rings. The second-order valence-corrected chi connectivity index (χ2v) is 14.0. The van der Waals surface area contributed by atoms with E-state index in [1.54, 1.807) is 76.4 Å². The summed E-state index contributed by atoms with van der Waals surface area (Å²) in [5.74, 6) is -1.29. The van der Waals surface area contributed by atoms with Crippen LogP contribution in [0.4, 0.5) is 5.69 Å². The third-order valence-corrected chi connectivity index (χ3v) is 10.4. The van der Waals surface area contributed by atoms with Crippen molar-refractivity contribution in [3.63, 3.8) is 0 Å². The minimum absolute atomic E-state index is 0.0742. The number of Topliss-reactive ketones (excluding diaryl/α,β-unsaturated/α-hetero) is 1. The fourth-order valence-electron chi connectivity index (χ4n) is 4.82. The van der Waals surface area contributed by atoms with Crippen molar-refractivity contribution in [2.24, 2.45) is 5.92 Å². The number of ether oxygens (including phenoxy) is 1. The number of likely N-dealkylation sites (N-methyl/N-ethyl adjacent to an activating group) is 1. The lowest BCUT2D eigenvalue weighted by Gasteiger charge is -2.25. The van der Waals surface area contributed by atoms with Crippen LogP contribution in [0.25, 0.3) is 0 Å². The largest absolute Gasteiger partial charge is 0.497 e. The van der Waals surface area contributed by atoms with Gasteiger partial charge in [-0.1, -0.05) is 60.1 Å². The van der Waals surface area contributed by atoms with Crippen LogP contribution in [0.1, 0.15) is 68.8 Å². The first kappa shape index (κ1) is 36.0. The van der Waals surface area contributed by atoms with Gasteiger partial charge in [-0.3, -0.25) is 24.0 Å². The highest BCUT2D eigenvalue weighted by atomic mass is 33.1. The molecule has 0 radical (unpaired) electrons. The SMILES string of the molecule is CCNC(=O)C(=O)[C@H](Cc1ccc(OC)cc1)NC(=O)[C@@H](NC(=O)c1cccc(NC(=O)CCCCC2CCSS2)c1)C(C)C. The predicted octanol–water partition coefficient (Wildman–Crippen LogP) is 4.53. The molecule has 45 heavy (non-hydrogen) atoms. The Balaban J connectivity index is 1.62. The number of rotatable bonds is 17. The molecule has 1 fully saturated rings. The summed E-state index contributed by atoms with van der Waals surface area (Å²) in [7, 11) is 5.40. The monoisotopic (exact) mass is 656 g/mol. The zero-order valence-corrected chi connectivity index (χ0v) is 28.0. The van der Waals surface area contributed by atoms with E-state index in [-0.39, 0.29) is 30.4 Å². The summed E-state index contributed by atoms with van der Waals surface area (Å²) in [6.45, 7) is 5.51. The van der Waals surface area contributed by atoms with E-state index in [1.807, 2.05) is 21.6 Å². The molecule has 0 aliphatic carbocycles. The topological polar surface area (TPSA) is 143 Å². The van der Waals surface area contributed by atoms with E-state index < -0.39 is 35.6 Å². The fourth-order valence-corrected chi connectivity index (χ4v) is 7.84. The summed E-state index contributed by atoms with van der Waals surface area (Å²) < 4.78 is 5.19. The maximum absolute atomic E-state index is 13.5. The Hall–Kier alpha value is -3.51. The van der Waals surface area contributed by atoms with Gasteiger partial charge in [0.2, 0.25) is 17.6 Å². The van der Waals surface area contributed by atoms with Gasteiger partial charge < -0.3 is 26.0 Å². The summed E-state index contributed by atoms with van der Waals surface area (Å²) in [5.41, 5.74) is 1.48. The quantitative estimate of drug-likeness (QED) is 0.111. The van der Waals surface area contributed by atoms with Gasteiger partial charge in [-0.2, -0.15) is 0 Å². The zero-order chi connectivity index (χ0) is 32.8. The molecule has 1 aliphatic heterocycles. The second kappa shape index (κ2) is 18.5. The smallest absolute Gasteiger partial charge is 0.289 e. The Labute approximate surface area is 273 Å². The number of unbranched alkanes of at least 4 members (excludes halogenated alkanes) is 1. The van der Waals surface area contributed by atoms with Crippen molar-refractivity contribution >= 4 is 56.7 Å². The van der Waals surface area contributed by atoms with Gasteiger partial charge in [0.1, 0.15) is 17.8 Å². The molecule has 1 aliphatic rings. The number of benzene rings is 2. The Morgan fingerprint density at radius 3 is 2.40 bits per heavy atom. The average molecular weight is 657 g/mol. The molecule has 0 aromatic heterocycles. The average Bonchev–Trinajstić information content (AvgIpc) is 3.55. The maximum atomic E-state index is 13.5. The molecule has 0 spiro atoms. The van der Waals surface area contributed by atoms with Crippen molar-refractivity contribution in [2.75, 3.05) is 24.7 Å². The number of carbonyl (C=O) groups excluding carboxylic acids is 5. The fraction of sp³-hybridized carbons (Fsp3) is 0.485. The summed E-state index contributed by atoms with van der Waals surface area (Å²) in [5, 5.41) is 11.5. The first-order chi connectivity index (χ1) is 21.6. The number of nitrogens with one attached hydrogen (secondary N) is 4. The standard InChI is InChI=1S/C33H44N4O6S2/c1-5-34-33(42)30(39)27(19-22-13-15-25(43-4)16-14-22)36-32(41)29(21(2)3)37-31(40)23-9-8-10-24(20-23)35-28(38)12-7-6-11-26-17-18-44-45-26/h8-10,13-16,20-21,26-27,29H,5-7,11-12,17-19H2,1-4H3,(H,34,42)(H,35,38)(H,36,41)(H,37,40)/t26?,27-,29-/m0/s1. The van der Waals surface area contributed by atoms with Crippen LogP contribution in [0.2, 0.25) is 0 Å². The lowest BCUT2D eigenvalue weighted by atomic mass is 9.98. The molecule has 1 saturated heterocycles. The number of ketones is 1. The molecule has 3 rings (SSSR count). The number of hydrogen-bond acceptors (Lipinski definition) is 8. The van der Waals surface area contributed by atoms with Crippen LogP contribution >= 0.6 is 21.6 Å². The van der Waals surface area contributed by atoms with E-state index in [9.17, 15) is 24.0 Å². The first-order valence-electron chi connectivity index (χ1n) is 15.4. The van der Waals surface area contributed by atoms with Gasteiger partial charge in [-0.05, 0) is 68.0 Å². The third-order valence-electron chi connectivity index (χ3n) is 7.34. The molecule has 3 atom stereocenters. The van der Waals surface area contributed by atoms with Crippen LogP contribution in [-0.2, 0) is 25.6 Å². The van der Waals surface area contributed by atoms with Gasteiger partial charge in [0, 0.05) is 41.6 Å². The van der Waals surface area contributed by atoms with Gasteiger partial charge in [0.15, 0.2) is 0 Å². The number of methoxy groups -OCH3 is 1. The normalized spacial score (nSPS) is 15.5. The highest BCUT2D eigenvalue weighted by molar-refractivity contribution is 8.77. The predicted molar refractivity (Wildman–Crippen MR) is 180 cm³/mol. The van der Waals surface area contributed by atoms with Gasteiger partial charge >= 0.3 is 0 Å². The molecule has 4 N–H and O–H groups in total. The third kappa shape index (κ3) is 11.7. The van der Waals surface area contributed by atoms with E-state index in [0.717, 1.165) is 24.8 Å². The highest BCUT2D eigenvalue weighted by Crippen LogP contribution is 2.39. The van der Waals surface area contributed by atoms with Crippen LogP contribution in [0.15, 0.2) is 48.5 Å². The lowest BCUT2D eigenvalue weighted by molar-refractivity contribution is -0.140. The van der Waals surface area contributed by atoms with E-state index in [4.69, 9.17) is 4.74 Å². The first-order valence-corrected chi connectivity index (χ1v) is 17.7. The van der Waals surface area contributed by atoms with Crippen LogP contribution in [0, 0.1) is 5.92 Å². The summed E-state index contributed by atoms with van der Waals surface area (Å²) in [4.78, 5) is 64.7. The zero-order valence-electron chi connectivity index (χ0n) is 26.4. The van der Waals surface area contributed by atoms with Crippen molar-refractivity contribution in [3.8, 4) is 5.75 Å². The molecule has 1 unspecified atom stereocenters. The molecule has 2 aromatic carbocycles. The van der Waals surface area contributed by atoms with E-state index in [1.165, 1.54) is 12.2 Å². The lowest BCUT2D eigenvalue weighted by Crippen LogP contribution is -2.56. The molecular weight excluding hydrogens is 613 g/mol. The van der Waals surface area contributed by atoms with E-state index in [0.29, 0.717) is 23.1 Å². The Bertz CT molecular complexity index is 1310. The van der Waals surface area contributed by atoms with Crippen molar-refractivity contribution in [1.82, 2.24) is 16.0 Å². The van der Waals surface area contributed by atoms with E-state index in [2.05, 4.69) is 21.3 Å². The van der Waals surface area contributed by atoms with Gasteiger partial charge in [-0.15, -0.1) is 0 Å². The Morgan fingerprint density at radius 2 is 1.76 bits per heavy atom. The molecule has 0 saturated carbocycles. The van der Waals surface area contributed by atoms with Crippen molar-refractivity contribution in [3.05, 3.63) is 59.7 Å². The van der Waals surface area contributed by atoms with Crippen molar-refractivity contribution in [1.29, 1.82) is 0 Å². The highest BCUT2D eigenvalue weighted by Gasteiger charge is 2.32. The molecular formula is C33H44N4O6S2. The minimum atomic E-state index is -1.15. The molecule has 244 valence electrons. The second-order valence-electron chi connectivity index (χ2n) is 11.2. The summed E-state index contributed by atoms with van der Waals surface area (Å²) in [6.07, 6.45) is 4.64. The number of amides is 4. The van der Waals surface area contributed by atoms with Crippen molar-refractivity contribution in [2.45, 2.75) is 76.6 Å². The molecule has 10 nitrogen and oxygen atoms in total. The number of hydrogen-bond donors (Lipinski definition) is 4. The Morgan fingerprint density at radius 1 is 1.00 bits per heavy atom. The van der Waals surface area contributed by atoms with Gasteiger partial charge in [-0.25, -0.2) is 0 Å². The van der Waals surface area contributed by atoms with Crippen LogP contribution in [0.5, 0.6) is 5.75 Å². The molecule has 4 amide bonds. The minimum Gasteiger partial charge on any atom is -0.497 e. The Kier molecular flexibility index (Phi) is 14.8. The maximum Gasteiger partial charge on any atom is 0.289 e. The van der Waals surface area contributed by atoms with Gasteiger partial charge in [0.25, 0.3) is 11.8 Å². The molecule has 0 bridgehead atoms. The number of anilines is 1. The summed E-state index contributed by atoms with van der Waals surface area (Å²) in [6, 6.07) is 11.4. The van der Waals surface area contributed by atoms with Gasteiger partial charge in [0.05, 0.1) is 7.11 Å². The van der Waals surface area contributed by atoms with Crippen LogP contribution in [-0.4, -0.2) is 66.2 Å². The van der Waals surface area contributed by atoms with Crippen LogP contribution < -0.4 is 26.0 Å².